The lowest BCUT2D eigenvalue weighted by Gasteiger charge is -2.26. The number of ether oxygens (including phenoxy) is 1. The van der Waals surface area contributed by atoms with Crippen LogP contribution in [-0.4, -0.2) is 33.1 Å². The molecular formula is C37H33ClN4O5S. The van der Waals surface area contributed by atoms with Crippen molar-refractivity contribution in [3.63, 3.8) is 0 Å². The number of benzene rings is 5. The molecule has 2 N–H and O–H groups in total. The van der Waals surface area contributed by atoms with Crippen LogP contribution in [0.1, 0.15) is 32.6 Å². The molecule has 48 heavy (non-hydrogen) atoms. The lowest BCUT2D eigenvalue weighted by Crippen LogP contribution is -2.33. The molecule has 9 nitrogen and oxygen atoms in total. The van der Waals surface area contributed by atoms with Gasteiger partial charge in [0.05, 0.1) is 28.9 Å². The quantitative estimate of drug-likeness (QED) is 0.109. The van der Waals surface area contributed by atoms with Crippen molar-refractivity contribution in [2.75, 3.05) is 10.9 Å². The van der Waals surface area contributed by atoms with E-state index in [4.69, 9.17) is 16.3 Å². The van der Waals surface area contributed by atoms with E-state index in [9.17, 15) is 18.0 Å². The number of rotatable bonds is 13. The van der Waals surface area contributed by atoms with E-state index < -0.39 is 15.9 Å². The van der Waals surface area contributed by atoms with Crippen LogP contribution in [0.4, 0.5) is 5.69 Å². The second kappa shape index (κ2) is 15.9. The van der Waals surface area contributed by atoms with Gasteiger partial charge in [-0.05, 0) is 84.3 Å². The molecule has 5 rings (SSSR count). The van der Waals surface area contributed by atoms with Crippen LogP contribution in [0.2, 0.25) is 5.02 Å². The van der Waals surface area contributed by atoms with Crippen LogP contribution in [0, 0.1) is 6.92 Å². The van der Waals surface area contributed by atoms with Crippen molar-refractivity contribution in [2.24, 2.45) is 5.10 Å². The summed E-state index contributed by atoms with van der Waals surface area (Å²) in [5.41, 5.74) is 6.07. The Bertz CT molecular complexity index is 1990. The zero-order chi connectivity index (χ0) is 33.9. The number of hydrazone groups is 1. The molecule has 0 aliphatic carbocycles. The predicted molar refractivity (Wildman–Crippen MR) is 188 cm³/mol. The first kappa shape index (κ1) is 33.9. The molecular weight excluding hydrogens is 648 g/mol. The molecule has 11 heteroatoms. The van der Waals surface area contributed by atoms with Crippen molar-refractivity contribution in [3.05, 3.63) is 160 Å². The van der Waals surface area contributed by atoms with E-state index in [1.807, 2.05) is 37.3 Å². The Kier molecular flexibility index (Phi) is 11.2. The number of sulfonamides is 1. The van der Waals surface area contributed by atoms with Gasteiger partial charge >= 0.3 is 0 Å². The van der Waals surface area contributed by atoms with E-state index >= 15 is 0 Å². The maximum absolute atomic E-state index is 14.0. The van der Waals surface area contributed by atoms with Gasteiger partial charge in [0.25, 0.3) is 21.8 Å². The fraction of sp³-hybridized carbons (Fsp3) is 0.108. The minimum absolute atomic E-state index is 0.0377. The number of hydrogen-bond acceptors (Lipinski definition) is 6. The molecule has 5 aromatic rings. The summed E-state index contributed by atoms with van der Waals surface area (Å²) in [6.45, 7) is 2.12. The number of aryl methyl sites for hydroxylation is 1. The van der Waals surface area contributed by atoms with Gasteiger partial charge in [-0.15, -0.1) is 0 Å². The first-order chi connectivity index (χ1) is 23.2. The highest BCUT2D eigenvalue weighted by Crippen LogP contribution is 2.30. The number of para-hydroxylation sites is 1. The third-order valence-electron chi connectivity index (χ3n) is 7.23. The molecule has 0 aliphatic heterocycles. The minimum atomic E-state index is -4.08. The highest BCUT2D eigenvalue weighted by molar-refractivity contribution is 7.92. The third-order valence-corrected chi connectivity index (χ3v) is 9.25. The average Bonchev–Trinajstić information content (AvgIpc) is 3.10. The molecule has 0 fully saturated rings. The monoisotopic (exact) mass is 680 g/mol. The van der Waals surface area contributed by atoms with Gasteiger partial charge < -0.3 is 10.1 Å². The van der Waals surface area contributed by atoms with Crippen molar-refractivity contribution >= 4 is 45.3 Å². The van der Waals surface area contributed by atoms with Crippen LogP contribution in [0.15, 0.2) is 137 Å². The van der Waals surface area contributed by atoms with Gasteiger partial charge in [0, 0.05) is 11.6 Å². The van der Waals surface area contributed by atoms with Crippen LogP contribution < -0.4 is 19.8 Å². The second-order valence-electron chi connectivity index (χ2n) is 10.8. The smallest absolute Gasteiger partial charge is 0.273 e. The summed E-state index contributed by atoms with van der Waals surface area (Å²) in [6.07, 6.45) is 1.45. The zero-order valence-corrected chi connectivity index (χ0v) is 27.6. The van der Waals surface area contributed by atoms with Gasteiger partial charge in [0.15, 0.2) is 6.61 Å². The Morgan fingerprint density at radius 2 is 1.48 bits per heavy atom. The Balaban J connectivity index is 1.26. The first-order valence-corrected chi connectivity index (χ1v) is 16.8. The van der Waals surface area contributed by atoms with Gasteiger partial charge in [0.2, 0.25) is 0 Å². The Morgan fingerprint density at radius 1 is 0.812 bits per heavy atom. The number of amides is 2. The van der Waals surface area contributed by atoms with E-state index in [0.717, 1.165) is 11.1 Å². The second-order valence-corrected chi connectivity index (χ2v) is 13.1. The number of anilines is 1. The number of carbonyl (C=O) groups is 2. The molecule has 244 valence electrons. The van der Waals surface area contributed by atoms with Crippen LogP contribution in [0.25, 0.3) is 0 Å². The lowest BCUT2D eigenvalue weighted by atomic mass is 10.1. The average molecular weight is 681 g/mol. The molecule has 0 radical (unpaired) electrons. The van der Waals surface area contributed by atoms with E-state index in [1.54, 1.807) is 97.1 Å². The summed E-state index contributed by atoms with van der Waals surface area (Å²) >= 11 is 6.07. The number of hydrogen-bond donors (Lipinski definition) is 2. The van der Waals surface area contributed by atoms with Gasteiger partial charge in [-0.2, -0.15) is 5.10 Å². The van der Waals surface area contributed by atoms with Gasteiger partial charge in [0.1, 0.15) is 5.75 Å². The summed E-state index contributed by atoms with van der Waals surface area (Å²) < 4.78 is 34.8. The Morgan fingerprint density at radius 3 is 2.19 bits per heavy atom. The number of carbonyl (C=O) groups excluding carboxylic acids is 2. The van der Waals surface area contributed by atoms with Crippen molar-refractivity contribution in [3.8, 4) is 5.75 Å². The lowest BCUT2D eigenvalue weighted by molar-refractivity contribution is -0.123. The molecule has 5 aromatic carbocycles. The molecule has 0 aromatic heterocycles. The Hall–Kier alpha value is -5.45. The van der Waals surface area contributed by atoms with Crippen molar-refractivity contribution in [1.82, 2.24) is 10.7 Å². The zero-order valence-electron chi connectivity index (χ0n) is 26.0. The van der Waals surface area contributed by atoms with Crippen LogP contribution in [0.5, 0.6) is 5.75 Å². The van der Waals surface area contributed by atoms with E-state index in [2.05, 4.69) is 15.8 Å². The van der Waals surface area contributed by atoms with E-state index in [-0.39, 0.29) is 35.2 Å². The normalized spacial score (nSPS) is 11.2. The molecule has 0 heterocycles. The van der Waals surface area contributed by atoms with Crippen molar-refractivity contribution in [1.29, 1.82) is 0 Å². The topological polar surface area (TPSA) is 117 Å². The third kappa shape index (κ3) is 9.09. The van der Waals surface area contributed by atoms with Gasteiger partial charge in [-0.25, -0.2) is 13.8 Å². The highest BCUT2D eigenvalue weighted by atomic mass is 35.5. The highest BCUT2D eigenvalue weighted by Gasteiger charge is 2.28. The van der Waals surface area contributed by atoms with Crippen molar-refractivity contribution < 1.29 is 22.7 Å². The Labute approximate surface area is 284 Å². The maximum Gasteiger partial charge on any atom is 0.273 e. The molecule has 0 bridgehead atoms. The standard InChI is InChI=1S/C37H33ClN4O5S/c1-27-11-21-33(22-12-27)48(45,46)42(25-30-13-17-31(38)18-14-30)35-10-6-5-9-34(35)37(44)41-40-24-29-15-19-32(20-16-29)47-26-36(43)39-23-28-7-3-2-4-8-28/h2-22,24H,23,25-26H2,1H3,(H,39,43)(H,41,44)/b40-24-. The first-order valence-electron chi connectivity index (χ1n) is 15.0. The van der Waals surface area contributed by atoms with Gasteiger partial charge in [-0.1, -0.05) is 83.9 Å². The number of halogens is 1. The summed E-state index contributed by atoms with van der Waals surface area (Å²) in [7, 11) is -4.08. The summed E-state index contributed by atoms with van der Waals surface area (Å²) in [5, 5.41) is 7.42. The maximum atomic E-state index is 14.0. The van der Waals surface area contributed by atoms with Crippen LogP contribution >= 0.6 is 11.6 Å². The summed E-state index contributed by atoms with van der Waals surface area (Å²) in [5.74, 6) is -0.343. The fourth-order valence-electron chi connectivity index (χ4n) is 4.65. The molecule has 2 amide bonds. The molecule has 0 aliphatic rings. The molecule has 0 spiro atoms. The van der Waals surface area contributed by atoms with Crippen LogP contribution in [0.3, 0.4) is 0 Å². The van der Waals surface area contributed by atoms with E-state index in [0.29, 0.717) is 28.4 Å². The number of nitrogens with one attached hydrogen (secondary N) is 2. The van der Waals surface area contributed by atoms with E-state index in [1.165, 1.54) is 10.5 Å². The number of nitrogens with zero attached hydrogens (tertiary/aromatic N) is 2. The van der Waals surface area contributed by atoms with Crippen molar-refractivity contribution in [2.45, 2.75) is 24.9 Å². The summed E-state index contributed by atoms with van der Waals surface area (Å²) in [4.78, 5) is 25.6. The SMILES string of the molecule is Cc1ccc(S(=O)(=O)N(Cc2ccc(Cl)cc2)c2ccccc2C(=O)N/N=C\c2ccc(OCC(=O)NCc3ccccc3)cc2)cc1. The summed E-state index contributed by atoms with van der Waals surface area (Å²) in [6, 6.07) is 36.3. The molecule has 0 atom stereocenters. The molecule has 0 saturated carbocycles. The van der Waals surface area contributed by atoms with Crippen LogP contribution in [-0.2, 0) is 27.9 Å². The fourth-order valence-corrected chi connectivity index (χ4v) is 6.25. The molecule has 0 saturated heterocycles. The molecule has 0 unspecified atom stereocenters. The minimum Gasteiger partial charge on any atom is -0.484 e. The largest absolute Gasteiger partial charge is 0.484 e. The predicted octanol–water partition coefficient (Wildman–Crippen LogP) is 6.50. The van der Waals surface area contributed by atoms with Gasteiger partial charge in [-0.3, -0.25) is 13.9 Å².